The molecule has 0 aliphatic carbocycles. The largest absolute Gasteiger partial charge is 0.419 e. The summed E-state index contributed by atoms with van der Waals surface area (Å²) in [6.07, 6.45) is 7.83. The first-order valence-electron chi connectivity index (χ1n) is 12.5. The Labute approximate surface area is 221 Å². The molecular weight excluding hydrogens is 474 g/mol. The van der Waals surface area contributed by atoms with Gasteiger partial charge in [0.05, 0.1) is 23.2 Å². The van der Waals surface area contributed by atoms with Crippen molar-refractivity contribution in [3.8, 4) is 41.0 Å². The highest BCUT2D eigenvalue weighted by Gasteiger charge is 2.31. The lowest BCUT2D eigenvalue weighted by atomic mass is 9.94. The van der Waals surface area contributed by atoms with E-state index in [0.717, 1.165) is 18.4 Å². The predicted octanol–water partition coefficient (Wildman–Crippen LogP) is 4.93. The molecule has 0 saturated carbocycles. The van der Waals surface area contributed by atoms with Gasteiger partial charge in [-0.3, -0.25) is 4.79 Å². The van der Waals surface area contributed by atoms with Crippen molar-refractivity contribution in [1.29, 1.82) is 5.26 Å². The lowest BCUT2D eigenvalue weighted by molar-refractivity contribution is 0.0766. The van der Waals surface area contributed by atoms with Gasteiger partial charge in [0.2, 0.25) is 11.8 Å². The Morgan fingerprint density at radius 2 is 1.87 bits per heavy atom. The molecule has 1 saturated heterocycles. The van der Waals surface area contributed by atoms with Crippen LogP contribution in [0.15, 0.2) is 77.2 Å². The van der Waals surface area contributed by atoms with Crippen LogP contribution in [0.2, 0.25) is 0 Å². The number of aromatic nitrogens is 2. The Hall–Kier alpha value is -4.72. The number of amides is 1. The van der Waals surface area contributed by atoms with Crippen LogP contribution in [0.5, 0.6) is 0 Å². The third-order valence-corrected chi connectivity index (χ3v) is 6.82. The molecule has 2 atom stereocenters. The molecule has 1 fully saturated rings. The molecule has 2 heterocycles. The number of terminal acetylenes is 1. The van der Waals surface area contributed by atoms with Gasteiger partial charge in [-0.05, 0) is 67.1 Å². The Bertz CT molecular complexity index is 1560. The lowest BCUT2D eigenvalue weighted by Gasteiger charge is -2.21. The zero-order valence-electron chi connectivity index (χ0n) is 21.1. The van der Waals surface area contributed by atoms with Gasteiger partial charge >= 0.3 is 0 Å². The molecule has 4 aromatic rings. The smallest absolute Gasteiger partial charge is 0.254 e. The fourth-order valence-electron chi connectivity index (χ4n) is 4.88. The SMILES string of the molecule is C#CC1CCCN1C(=O)c1cc(-c2nnc(C(C)(N)Cc3ccccc3)o2)cc(-c2ccccc2C#N)c1. The first-order chi connectivity index (χ1) is 18.4. The highest BCUT2D eigenvalue weighted by Crippen LogP contribution is 2.32. The number of nitriles is 1. The number of hydrogen-bond acceptors (Lipinski definition) is 6. The minimum atomic E-state index is -0.897. The summed E-state index contributed by atoms with van der Waals surface area (Å²) < 4.78 is 6.09. The number of hydrogen-bond donors (Lipinski definition) is 1. The summed E-state index contributed by atoms with van der Waals surface area (Å²) in [6, 6.07) is 24.5. The van der Waals surface area contributed by atoms with E-state index < -0.39 is 5.54 Å². The third-order valence-electron chi connectivity index (χ3n) is 6.82. The Morgan fingerprint density at radius 1 is 1.13 bits per heavy atom. The number of nitrogens with two attached hydrogens (primary N) is 1. The molecule has 0 spiro atoms. The van der Waals surface area contributed by atoms with Crippen molar-refractivity contribution < 1.29 is 9.21 Å². The zero-order valence-corrected chi connectivity index (χ0v) is 21.1. The van der Waals surface area contributed by atoms with Gasteiger partial charge in [0, 0.05) is 17.7 Å². The summed E-state index contributed by atoms with van der Waals surface area (Å²) in [5.41, 5.74) is 9.64. The average Bonchev–Trinajstić information content (AvgIpc) is 3.63. The van der Waals surface area contributed by atoms with Crippen LogP contribution in [0, 0.1) is 23.7 Å². The van der Waals surface area contributed by atoms with Gasteiger partial charge < -0.3 is 15.1 Å². The second-order valence-electron chi connectivity index (χ2n) is 9.77. The normalized spacial score (nSPS) is 16.4. The molecule has 38 heavy (non-hydrogen) atoms. The Kier molecular flexibility index (Phi) is 6.79. The molecule has 1 aromatic heterocycles. The second kappa shape index (κ2) is 10.3. The van der Waals surface area contributed by atoms with Gasteiger partial charge in [0.25, 0.3) is 5.91 Å². The molecule has 0 radical (unpaired) electrons. The van der Waals surface area contributed by atoms with Gasteiger partial charge in [-0.25, -0.2) is 0 Å². The van der Waals surface area contributed by atoms with Gasteiger partial charge in [0.1, 0.15) is 0 Å². The quantitative estimate of drug-likeness (QED) is 0.375. The molecule has 2 N–H and O–H groups in total. The summed E-state index contributed by atoms with van der Waals surface area (Å²) in [5.74, 6) is 3.08. The molecular formula is C31H27N5O2. The predicted molar refractivity (Wildman–Crippen MR) is 144 cm³/mol. The monoisotopic (exact) mass is 501 g/mol. The summed E-state index contributed by atoms with van der Waals surface area (Å²) >= 11 is 0. The van der Waals surface area contributed by atoms with Crippen LogP contribution in [0.25, 0.3) is 22.6 Å². The highest BCUT2D eigenvalue weighted by molar-refractivity contribution is 5.97. The van der Waals surface area contributed by atoms with E-state index in [4.69, 9.17) is 16.6 Å². The van der Waals surface area contributed by atoms with E-state index in [1.54, 1.807) is 29.2 Å². The molecule has 3 aromatic carbocycles. The van der Waals surface area contributed by atoms with Crippen molar-refractivity contribution in [2.24, 2.45) is 5.73 Å². The number of rotatable bonds is 6. The maximum Gasteiger partial charge on any atom is 0.254 e. The van der Waals surface area contributed by atoms with E-state index >= 15 is 0 Å². The summed E-state index contributed by atoms with van der Waals surface area (Å²) in [5, 5.41) is 18.2. The highest BCUT2D eigenvalue weighted by atomic mass is 16.4. The molecule has 1 aliphatic heterocycles. The van der Waals surface area contributed by atoms with E-state index in [-0.39, 0.29) is 17.8 Å². The van der Waals surface area contributed by atoms with Crippen LogP contribution < -0.4 is 5.73 Å². The van der Waals surface area contributed by atoms with E-state index in [2.05, 4.69) is 22.2 Å². The number of nitrogens with zero attached hydrogens (tertiary/aromatic N) is 4. The van der Waals surface area contributed by atoms with E-state index in [0.29, 0.717) is 46.7 Å². The molecule has 0 bridgehead atoms. The van der Waals surface area contributed by atoms with Gasteiger partial charge in [0.15, 0.2) is 0 Å². The maximum atomic E-state index is 13.6. The zero-order chi connectivity index (χ0) is 26.7. The van der Waals surface area contributed by atoms with Gasteiger partial charge in [-0.1, -0.05) is 54.5 Å². The third kappa shape index (κ3) is 4.93. The fourth-order valence-corrected chi connectivity index (χ4v) is 4.88. The number of carbonyl (C=O) groups excluding carboxylic acids is 1. The van der Waals surface area contributed by atoms with E-state index in [1.165, 1.54) is 0 Å². The summed E-state index contributed by atoms with van der Waals surface area (Å²) in [6.45, 7) is 2.44. The molecule has 5 rings (SSSR count). The minimum Gasteiger partial charge on any atom is -0.419 e. The summed E-state index contributed by atoms with van der Waals surface area (Å²) in [4.78, 5) is 15.3. The maximum absolute atomic E-state index is 13.6. The van der Waals surface area contributed by atoms with Crippen molar-refractivity contribution in [3.05, 3.63) is 95.4 Å². The molecule has 188 valence electrons. The van der Waals surface area contributed by atoms with Crippen LogP contribution in [0.3, 0.4) is 0 Å². The van der Waals surface area contributed by atoms with Gasteiger partial charge in [-0.15, -0.1) is 16.6 Å². The van der Waals surface area contributed by atoms with Crippen LogP contribution in [-0.4, -0.2) is 33.6 Å². The van der Waals surface area contributed by atoms with Crippen LogP contribution in [0.1, 0.15) is 47.1 Å². The van der Waals surface area contributed by atoms with E-state index in [9.17, 15) is 10.1 Å². The number of carbonyl (C=O) groups is 1. The second-order valence-corrected chi connectivity index (χ2v) is 9.77. The fraction of sp³-hybridized carbons (Fsp3) is 0.226. The lowest BCUT2D eigenvalue weighted by Crippen LogP contribution is -2.35. The van der Waals surface area contributed by atoms with Crippen LogP contribution >= 0.6 is 0 Å². The van der Waals surface area contributed by atoms with Crippen molar-refractivity contribution in [2.45, 2.75) is 37.8 Å². The molecule has 7 nitrogen and oxygen atoms in total. The Balaban J connectivity index is 1.57. The van der Waals surface area contributed by atoms with E-state index in [1.807, 2.05) is 55.5 Å². The summed E-state index contributed by atoms with van der Waals surface area (Å²) in [7, 11) is 0. The molecule has 2 unspecified atom stereocenters. The van der Waals surface area contributed by atoms with Crippen LogP contribution in [-0.2, 0) is 12.0 Å². The number of benzene rings is 3. The van der Waals surface area contributed by atoms with Crippen molar-refractivity contribution >= 4 is 5.91 Å². The van der Waals surface area contributed by atoms with Crippen LogP contribution in [0.4, 0.5) is 0 Å². The first-order valence-corrected chi connectivity index (χ1v) is 12.5. The van der Waals surface area contributed by atoms with Crippen molar-refractivity contribution in [3.63, 3.8) is 0 Å². The molecule has 7 heteroatoms. The van der Waals surface area contributed by atoms with Gasteiger partial charge in [-0.2, -0.15) is 5.26 Å². The minimum absolute atomic E-state index is 0.171. The molecule has 1 amide bonds. The molecule has 1 aliphatic rings. The van der Waals surface area contributed by atoms with Crippen molar-refractivity contribution in [2.75, 3.05) is 6.54 Å². The Morgan fingerprint density at radius 3 is 2.63 bits per heavy atom. The standard InChI is InChI=1S/C31H27N5O2/c1-3-26-13-9-15-36(26)29(37)25-17-23(27-14-8-7-12-22(27)20-32)16-24(18-25)28-34-35-30(38-28)31(2,33)19-21-10-5-4-6-11-21/h1,4-8,10-12,14,16-18,26H,9,13,15,19,33H2,2H3. The average molecular weight is 502 g/mol. The number of likely N-dealkylation sites (tertiary alicyclic amines) is 1. The van der Waals surface area contributed by atoms with Crippen molar-refractivity contribution in [1.82, 2.24) is 15.1 Å². The topological polar surface area (TPSA) is 109 Å². The first kappa shape index (κ1) is 25.0.